The minimum absolute atomic E-state index is 0.118. The number of carbonyl (C=O) groups is 1. The molecule has 0 saturated carbocycles. The summed E-state index contributed by atoms with van der Waals surface area (Å²) in [6.07, 6.45) is 3.63. The molecule has 0 saturated heterocycles. The Morgan fingerprint density at radius 1 is 1.12 bits per heavy atom. The van der Waals surface area contributed by atoms with Gasteiger partial charge in [0.2, 0.25) is 0 Å². The summed E-state index contributed by atoms with van der Waals surface area (Å²) in [5.41, 5.74) is 4.31. The first-order valence-corrected chi connectivity index (χ1v) is 9.31. The molecule has 2 aromatic carbocycles. The normalized spacial score (nSPS) is 16.0. The smallest absolute Gasteiger partial charge is 0.308 e. The van der Waals surface area contributed by atoms with Gasteiger partial charge in [-0.15, -0.1) is 0 Å². The van der Waals surface area contributed by atoms with Crippen LogP contribution in [0.2, 0.25) is 0 Å². The molecule has 5 heteroatoms. The summed E-state index contributed by atoms with van der Waals surface area (Å²) in [5.74, 6) is 0.183. The number of esters is 1. The molecule has 0 heterocycles. The van der Waals surface area contributed by atoms with E-state index >= 15 is 0 Å². The van der Waals surface area contributed by atoms with Crippen molar-refractivity contribution in [1.82, 2.24) is 0 Å². The van der Waals surface area contributed by atoms with E-state index in [-0.39, 0.29) is 5.75 Å². The number of allylic oxidation sites excluding steroid dienone is 2. The van der Waals surface area contributed by atoms with Gasteiger partial charge in [0.05, 0.1) is 0 Å². The average Bonchev–Trinajstić information content (AvgIpc) is 2.80. The van der Waals surface area contributed by atoms with E-state index in [1.165, 1.54) is 6.92 Å². The van der Waals surface area contributed by atoms with Gasteiger partial charge in [0.25, 0.3) is 0 Å². The van der Waals surface area contributed by atoms with Crippen LogP contribution in [0.25, 0.3) is 17.4 Å². The lowest BCUT2D eigenvalue weighted by Crippen LogP contribution is -1.97. The summed E-state index contributed by atoms with van der Waals surface area (Å²) in [6, 6.07) is 12.5. The number of fused-ring (bicyclic) bond motifs is 1. The van der Waals surface area contributed by atoms with Crippen LogP contribution in [-0.2, 0) is 20.3 Å². The highest BCUT2D eigenvalue weighted by molar-refractivity contribution is 7.84. The SMILES string of the molecule is CC(=O)OC1=C(C)C(=Cc2ccc(S(C)=O)cc2)c2ccc(O)cc21. The third-order valence-electron chi connectivity index (χ3n) is 4.05. The zero-order chi connectivity index (χ0) is 18.1. The quantitative estimate of drug-likeness (QED) is 0.847. The molecule has 1 N–H and O–H groups in total. The molecule has 0 fully saturated rings. The van der Waals surface area contributed by atoms with Gasteiger partial charge in [-0.2, -0.15) is 0 Å². The van der Waals surface area contributed by atoms with Crippen LogP contribution in [0.3, 0.4) is 0 Å². The summed E-state index contributed by atoms with van der Waals surface area (Å²) >= 11 is 0. The highest BCUT2D eigenvalue weighted by Gasteiger charge is 2.26. The van der Waals surface area contributed by atoms with E-state index in [4.69, 9.17) is 4.74 Å². The van der Waals surface area contributed by atoms with Gasteiger partial charge in [-0.25, -0.2) is 0 Å². The van der Waals surface area contributed by atoms with E-state index in [0.29, 0.717) is 11.3 Å². The van der Waals surface area contributed by atoms with Crippen LogP contribution in [0.5, 0.6) is 5.75 Å². The minimum Gasteiger partial charge on any atom is -0.508 e. The Kier molecular flexibility index (Phi) is 4.59. The van der Waals surface area contributed by atoms with Crippen molar-refractivity contribution in [2.75, 3.05) is 6.26 Å². The predicted molar refractivity (Wildman–Crippen MR) is 99.1 cm³/mol. The molecule has 1 unspecified atom stereocenters. The summed E-state index contributed by atoms with van der Waals surface area (Å²) in [6.45, 7) is 3.24. The number of aromatic hydroxyl groups is 1. The molecule has 128 valence electrons. The number of carbonyl (C=O) groups excluding carboxylic acids is 1. The summed E-state index contributed by atoms with van der Waals surface area (Å²) < 4.78 is 16.9. The van der Waals surface area contributed by atoms with E-state index in [1.54, 1.807) is 18.4 Å². The molecule has 3 rings (SSSR count). The lowest BCUT2D eigenvalue weighted by atomic mass is 10.0. The average molecular weight is 354 g/mol. The van der Waals surface area contributed by atoms with Gasteiger partial charge < -0.3 is 9.84 Å². The van der Waals surface area contributed by atoms with Gasteiger partial charge in [-0.3, -0.25) is 9.00 Å². The van der Waals surface area contributed by atoms with Crippen LogP contribution in [0.15, 0.2) is 52.9 Å². The predicted octanol–water partition coefficient (Wildman–Crippen LogP) is 3.98. The third kappa shape index (κ3) is 3.42. The highest BCUT2D eigenvalue weighted by atomic mass is 32.2. The van der Waals surface area contributed by atoms with Gasteiger partial charge in [-0.1, -0.05) is 12.1 Å². The standard InChI is InChI=1S/C20H18O4S/c1-12-18(10-14-4-7-16(8-5-14)25(3)23)17-9-6-15(22)11-19(17)20(12)24-13(2)21/h4-11,22H,1-3H3. The van der Waals surface area contributed by atoms with Crippen molar-refractivity contribution >= 4 is 34.2 Å². The third-order valence-corrected chi connectivity index (χ3v) is 4.99. The van der Waals surface area contributed by atoms with Gasteiger partial charge >= 0.3 is 5.97 Å². The molecule has 0 bridgehead atoms. The molecule has 1 aliphatic carbocycles. The second-order valence-corrected chi connectivity index (χ2v) is 7.24. The molecular weight excluding hydrogens is 336 g/mol. The number of benzene rings is 2. The summed E-state index contributed by atoms with van der Waals surface area (Å²) in [7, 11) is -1.01. The molecule has 2 aromatic rings. The zero-order valence-electron chi connectivity index (χ0n) is 14.2. The summed E-state index contributed by atoms with van der Waals surface area (Å²) in [4.78, 5) is 12.2. The first-order valence-electron chi connectivity index (χ1n) is 7.75. The van der Waals surface area contributed by atoms with Crippen LogP contribution < -0.4 is 0 Å². The fourth-order valence-electron chi connectivity index (χ4n) is 2.86. The molecule has 1 atom stereocenters. The lowest BCUT2D eigenvalue weighted by Gasteiger charge is -2.05. The molecule has 25 heavy (non-hydrogen) atoms. The Morgan fingerprint density at radius 2 is 1.80 bits per heavy atom. The number of phenolic OH excluding ortho intramolecular Hbond substituents is 1. The monoisotopic (exact) mass is 354 g/mol. The highest BCUT2D eigenvalue weighted by Crippen LogP contribution is 2.43. The Bertz CT molecular complexity index is 937. The number of rotatable bonds is 3. The molecule has 1 aliphatic rings. The Labute approximate surface area is 148 Å². The minimum atomic E-state index is -1.01. The zero-order valence-corrected chi connectivity index (χ0v) is 15.0. The lowest BCUT2D eigenvalue weighted by molar-refractivity contribution is -0.134. The van der Waals surface area contributed by atoms with Crippen LogP contribution in [0.1, 0.15) is 30.5 Å². The van der Waals surface area contributed by atoms with Crippen molar-refractivity contribution in [3.05, 3.63) is 64.7 Å². The molecule has 4 nitrogen and oxygen atoms in total. The maximum Gasteiger partial charge on any atom is 0.308 e. The number of phenols is 1. The van der Waals surface area contributed by atoms with Gasteiger partial charge in [0, 0.05) is 40.0 Å². The second kappa shape index (κ2) is 6.69. The fraction of sp³-hybridized carbons (Fsp3) is 0.150. The Hall–Kier alpha value is -2.66. The maximum atomic E-state index is 11.5. The van der Waals surface area contributed by atoms with Gasteiger partial charge in [-0.05, 0) is 60.0 Å². The first kappa shape index (κ1) is 17.2. The van der Waals surface area contributed by atoms with Gasteiger partial charge in [0.1, 0.15) is 11.5 Å². The number of hydrogen-bond acceptors (Lipinski definition) is 4. The molecule has 0 radical (unpaired) electrons. The second-order valence-electron chi connectivity index (χ2n) is 5.86. The van der Waals surface area contributed by atoms with E-state index in [2.05, 4.69) is 0 Å². The van der Waals surface area contributed by atoms with Crippen molar-refractivity contribution in [3.8, 4) is 5.75 Å². The Morgan fingerprint density at radius 3 is 2.40 bits per heavy atom. The maximum absolute atomic E-state index is 11.5. The van der Waals surface area contributed by atoms with Crippen LogP contribution in [0, 0.1) is 0 Å². The molecule has 0 amide bonds. The van der Waals surface area contributed by atoms with Crippen molar-refractivity contribution in [2.24, 2.45) is 0 Å². The topological polar surface area (TPSA) is 63.6 Å². The largest absolute Gasteiger partial charge is 0.508 e. The van der Waals surface area contributed by atoms with Crippen LogP contribution in [0.4, 0.5) is 0 Å². The number of ether oxygens (including phenoxy) is 1. The van der Waals surface area contributed by atoms with E-state index in [0.717, 1.165) is 27.2 Å². The number of hydrogen-bond donors (Lipinski definition) is 1. The van der Waals surface area contributed by atoms with E-state index < -0.39 is 16.8 Å². The van der Waals surface area contributed by atoms with Crippen molar-refractivity contribution < 1.29 is 18.8 Å². The van der Waals surface area contributed by atoms with Crippen molar-refractivity contribution in [1.29, 1.82) is 0 Å². The van der Waals surface area contributed by atoms with Gasteiger partial charge in [0.15, 0.2) is 0 Å². The van der Waals surface area contributed by atoms with E-state index in [1.807, 2.05) is 43.3 Å². The summed E-state index contributed by atoms with van der Waals surface area (Å²) in [5, 5.41) is 9.78. The molecular formula is C20H18O4S. The first-order chi connectivity index (χ1) is 11.9. The molecule has 0 spiro atoms. The van der Waals surface area contributed by atoms with Crippen molar-refractivity contribution in [3.63, 3.8) is 0 Å². The van der Waals surface area contributed by atoms with Crippen LogP contribution in [-0.4, -0.2) is 21.5 Å². The fourth-order valence-corrected chi connectivity index (χ4v) is 3.38. The van der Waals surface area contributed by atoms with Crippen LogP contribution >= 0.6 is 0 Å². The molecule has 0 aromatic heterocycles. The molecule has 0 aliphatic heterocycles. The Balaban J connectivity index is 2.10. The van der Waals surface area contributed by atoms with E-state index in [9.17, 15) is 14.1 Å². The van der Waals surface area contributed by atoms with Crippen molar-refractivity contribution in [2.45, 2.75) is 18.7 Å².